The van der Waals surface area contributed by atoms with Crippen LogP contribution >= 0.6 is 0 Å². The van der Waals surface area contributed by atoms with Gasteiger partial charge >= 0.3 is 0 Å². The topological polar surface area (TPSA) is 154 Å². The van der Waals surface area contributed by atoms with Crippen molar-refractivity contribution in [1.29, 1.82) is 0 Å². The first-order valence-corrected chi connectivity index (χ1v) is 12.2. The molecule has 1 aromatic carbocycles. The van der Waals surface area contributed by atoms with Crippen molar-refractivity contribution >= 4 is 5.91 Å². The summed E-state index contributed by atoms with van der Waals surface area (Å²) in [5.74, 6) is -0.551. The Kier molecular flexibility index (Phi) is 10.3. The Balaban J connectivity index is 1.72. The van der Waals surface area contributed by atoms with Gasteiger partial charge in [-0.05, 0) is 24.7 Å². The largest absolute Gasteiger partial charge is 0.504 e. The molecule has 3 fully saturated rings. The molecule has 0 aliphatic carbocycles. The molecule has 0 saturated carbocycles. The van der Waals surface area contributed by atoms with Crippen LogP contribution in [-0.4, -0.2) is 113 Å². The molecule has 11 nitrogen and oxygen atoms in total. The van der Waals surface area contributed by atoms with Gasteiger partial charge in [0.2, 0.25) is 5.91 Å². The second-order valence-corrected chi connectivity index (χ2v) is 9.42. The van der Waals surface area contributed by atoms with Gasteiger partial charge in [0.25, 0.3) is 0 Å². The molecule has 1 aromatic rings. The molecule has 0 spiro atoms. The summed E-state index contributed by atoms with van der Waals surface area (Å²) in [4.78, 5) is 13.0. The maximum Gasteiger partial charge on any atom is 0.224 e. The molecule has 0 aromatic heterocycles. The second-order valence-electron chi connectivity index (χ2n) is 9.42. The summed E-state index contributed by atoms with van der Waals surface area (Å²) < 4.78 is 0. The van der Waals surface area contributed by atoms with E-state index >= 15 is 0 Å². The van der Waals surface area contributed by atoms with Gasteiger partial charge in [-0.3, -0.25) is 4.79 Å². The minimum absolute atomic E-state index is 0.0748. The number of carbonyl (C=O) groups excluding carboxylic acids is 1. The Bertz CT molecular complexity index is 735. The normalized spacial score (nSPS) is 28.0. The van der Waals surface area contributed by atoms with Crippen molar-refractivity contribution in [3.63, 3.8) is 0 Å². The van der Waals surface area contributed by atoms with Crippen molar-refractivity contribution in [3.8, 4) is 11.5 Å². The highest BCUT2D eigenvalue weighted by atomic mass is 16.3. The summed E-state index contributed by atoms with van der Waals surface area (Å²) in [6.45, 7) is 9.16. The van der Waals surface area contributed by atoms with Crippen molar-refractivity contribution in [2.75, 3.05) is 85.6 Å². The number of rotatable bonds is 4. The summed E-state index contributed by atoms with van der Waals surface area (Å²) in [6, 6.07) is 4.48. The second kappa shape index (κ2) is 13.2. The van der Waals surface area contributed by atoms with E-state index in [1.54, 1.807) is 6.07 Å². The van der Waals surface area contributed by atoms with Crippen molar-refractivity contribution in [2.45, 2.75) is 17.5 Å². The summed E-state index contributed by atoms with van der Waals surface area (Å²) in [7, 11) is 2.02. The molecule has 3 saturated heterocycles. The zero-order chi connectivity index (χ0) is 24.3. The Hall–Kier alpha value is -1.99. The standard InChI is InChI=1S/C23H42N8O3/c1-24-22-12-25-4-7-28-15-23(16-29-8-5-26-13-22,17-30-9-6-27-14-22)31-21(34)11-18-2-3-19(32)20(33)10-18/h2-3,10,24-30,32-33H,4-9,11-17H2,1H3,(H,31,34). The van der Waals surface area contributed by atoms with Gasteiger partial charge < -0.3 is 52.7 Å². The average Bonchev–Trinajstić information content (AvgIpc) is 2.82. The lowest BCUT2D eigenvalue weighted by Crippen LogP contribution is -2.67. The van der Waals surface area contributed by atoms with Gasteiger partial charge in [0.15, 0.2) is 11.5 Å². The highest BCUT2D eigenvalue weighted by Gasteiger charge is 2.32. The summed E-state index contributed by atoms with van der Waals surface area (Å²) in [6.07, 6.45) is 0.117. The lowest BCUT2D eigenvalue weighted by Gasteiger charge is -2.38. The number of benzene rings is 1. The predicted molar refractivity (Wildman–Crippen MR) is 133 cm³/mol. The lowest BCUT2D eigenvalue weighted by atomic mass is 9.97. The summed E-state index contributed by atoms with van der Waals surface area (Å²) in [5.41, 5.74) is 0.0404. The molecule has 2 bridgehead atoms. The molecular formula is C23H42N8O3. The molecule has 192 valence electrons. The fourth-order valence-corrected chi connectivity index (χ4v) is 4.47. The Morgan fingerprint density at radius 1 is 0.765 bits per heavy atom. The lowest BCUT2D eigenvalue weighted by molar-refractivity contribution is -0.122. The number of phenols is 2. The number of hydrogen-bond acceptors (Lipinski definition) is 10. The third kappa shape index (κ3) is 8.05. The van der Waals surface area contributed by atoms with Crippen LogP contribution in [0.2, 0.25) is 0 Å². The molecule has 3 aliphatic rings. The summed E-state index contributed by atoms with van der Waals surface area (Å²) >= 11 is 0. The van der Waals surface area contributed by atoms with Crippen LogP contribution in [0, 0.1) is 0 Å². The Labute approximate surface area is 202 Å². The zero-order valence-electron chi connectivity index (χ0n) is 20.2. The molecule has 3 heterocycles. The van der Waals surface area contributed by atoms with Crippen LogP contribution in [0.25, 0.3) is 0 Å². The maximum atomic E-state index is 13.0. The first kappa shape index (κ1) is 26.6. The number of aromatic hydroxyl groups is 2. The third-order valence-corrected chi connectivity index (χ3v) is 6.56. The van der Waals surface area contributed by atoms with E-state index in [1.165, 1.54) is 12.1 Å². The van der Waals surface area contributed by atoms with E-state index in [-0.39, 0.29) is 29.4 Å². The van der Waals surface area contributed by atoms with Gasteiger partial charge in [0.1, 0.15) is 0 Å². The van der Waals surface area contributed by atoms with E-state index in [4.69, 9.17) is 0 Å². The molecule has 3 aliphatic heterocycles. The quantitative estimate of drug-likeness (QED) is 0.203. The number of nitrogens with one attached hydrogen (secondary N) is 8. The van der Waals surface area contributed by atoms with Crippen LogP contribution in [0.5, 0.6) is 11.5 Å². The van der Waals surface area contributed by atoms with Crippen LogP contribution in [0.1, 0.15) is 5.56 Å². The number of fused-ring (bicyclic) bond motifs is 15. The van der Waals surface area contributed by atoms with Crippen molar-refractivity contribution < 1.29 is 15.0 Å². The monoisotopic (exact) mass is 478 g/mol. The van der Waals surface area contributed by atoms with Crippen molar-refractivity contribution in [3.05, 3.63) is 23.8 Å². The van der Waals surface area contributed by atoms with E-state index in [1.807, 2.05) is 7.05 Å². The first-order valence-electron chi connectivity index (χ1n) is 12.2. The minimum atomic E-state index is -0.529. The maximum absolute atomic E-state index is 13.0. The number of phenolic OH excluding ortho intramolecular Hbond substituents is 2. The molecule has 11 heteroatoms. The van der Waals surface area contributed by atoms with E-state index in [2.05, 4.69) is 42.5 Å². The summed E-state index contributed by atoms with van der Waals surface area (Å²) in [5, 5.41) is 47.4. The molecule has 0 radical (unpaired) electrons. The minimum Gasteiger partial charge on any atom is -0.504 e. The van der Waals surface area contributed by atoms with E-state index in [9.17, 15) is 15.0 Å². The highest BCUT2D eigenvalue weighted by Crippen LogP contribution is 2.25. The molecular weight excluding hydrogens is 436 g/mol. The molecule has 1 amide bonds. The molecule has 4 rings (SSSR count). The Morgan fingerprint density at radius 2 is 1.21 bits per heavy atom. The number of amides is 1. The number of likely N-dealkylation sites (N-methyl/N-ethyl adjacent to an activating group) is 1. The molecule has 0 unspecified atom stereocenters. The van der Waals surface area contributed by atoms with Crippen LogP contribution in [0.15, 0.2) is 18.2 Å². The molecule has 34 heavy (non-hydrogen) atoms. The van der Waals surface area contributed by atoms with Crippen molar-refractivity contribution in [1.82, 2.24) is 42.5 Å². The number of hydrogen-bond donors (Lipinski definition) is 10. The van der Waals surface area contributed by atoms with E-state index < -0.39 is 5.54 Å². The fraction of sp³-hybridized carbons (Fsp3) is 0.696. The highest BCUT2D eigenvalue weighted by molar-refractivity contribution is 5.79. The van der Waals surface area contributed by atoms with Gasteiger partial charge in [-0.25, -0.2) is 0 Å². The zero-order valence-corrected chi connectivity index (χ0v) is 20.2. The average molecular weight is 479 g/mol. The van der Waals surface area contributed by atoms with Crippen LogP contribution < -0.4 is 42.5 Å². The van der Waals surface area contributed by atoms with E-state index in [0.29, 0.717) is 25.2 Å². The first-order chi connectivity index (χ1) is 16.5. The molecule has 0 atom stereocenters. The van der Waals surface area contributed by atoms with Gasteiger partial charge in [-0.1, -0.05) is 6.07 Å². The number of carbonyl (C=O) groups is 1. The van der Waals surface area contributed by atoms with Crippen LogP contribution in [-0.2, 0) is 11.2 Å². The fourth-order valence-electron chi connectivity index (χ4n) is 4.47. The van der Waals surface area contributed by atoms with Crippen LogP contribution in [0.4, 0.5) is 0 Å². The van der Waals surface area contributed by atoms with Gasteiger partial charge in [-0.2, -0.15) is 0 Å². The smallest absolute Gasteiger partial charge is 0.224 e. The van der Waals surface area contributed by atoms with Crippen LogP contribution in [0.3, 0.4) is 0 Å². The third-order valence-electron chi connectivity index (χ3n) is 6.56. The molecule has 10 N–H and O–H groups in total. The van der Waals surface area contributed by atoms with Crippen molar-refractivity contribution in [2.24, 2.45) is 0 Å². The Morgan fingerprint density at radius 3 is 1.62 bits per heavy atom. The van der Waals surface area contributed by atoms with E-state index in [0.717, 1.165) is 58.9 Å². The SMILES string of the molecule is CNC12CNCCNCC(NC(=O)Cc3ccc(O)c(O)c3)(CNCCNC1)CNCCNC2. The predicted octanol–water partition coefficient (Wildman–Crippen LogP) is -2.98. The van der Waals surface area contributed by atoms with Gasteiger partial charge in [0.05, 0.1) is 17.5 Å². The van der Waals surface area contributed by atoms with Gasteiger partial charge in [0, 0.05) is 78.5 Å². The van der Waals surface area contributed by atoms with Gasteiger partial charge in [-0.15, -0.1) is 0 Å².